The van der Waals surface area contributed by atoms with Crippen LogP contribution in [0.4, 0.5) is 0 Å². The summed E-state index contributed by atoms with van der Waals surface area (Å²) in [6.07, 6.45) is 1.72. The monoisotopic (exact) mass is 222 g/mol. The van der Waals surface area contributed by atoms with E-state index in [1.165, 1.54) is 5.56 Å². The minimum atomic E-state index is 0.289. The maximum absolute atomic E-state index is 10.0. The maximum atomic E-state index is 10.0. The Morgan fingerprint density at radius 1 is 1.19 bits per heavy atom. The molecule has 0 saturated carbocycles. The van der Waals surface area contributed by atoms with Crippen molar-refractivity contribution >= 4 is 5.78 Å². The number of carbonyl (C=O) groups excluding carboxylic acids is 1. The van der Waals surface area contributed by atoms with Crippen LogP contribution in [-0.4, -0.2) is 10.9 Å². The van der Waals surface area contributed by atoms with E-state index in [2.05, 4.69) is 0 Å². The van der Waals surface area contributed by atoms with E-state index in [0.29, 0.717) is 5.75 Å². The largest absolute Gasteiger partial charge is 0.507 e. The number of Topliss-reactive ketones (excluding diaryl/α,β-unsaturated/α-hetero) is 1. The molecule has 0 bridgehead atoms. The number of phenols is 1. The fourth-order valence-electron chi connectivity index (χ4n) is 1.52. The van der Waals surface area contributed by atoms with Crippen LogP contribution in [0.25, 0.3) is 0 Å². The van der Waals surface area contributed by atoms with Crippen molar-refractivity contribution in [2.75, 3.05) is 0 Å². The smallest absolute Gasteiger partial charge is 0.129 e. The summed E-state index contributed by atoms with van der Waals surface area (Å²) in [6, 6.07) is 3.95. The fourth-order valence-corrected chi connectivity index (χ4v) is 1.52. The van der Waals surface area contributed by atoms with E-state index in [4.69, 9.17) is 0 Å². The highest BCUT2D eigenvalue weighted by Crippen LogP contribution is 2.21. The van der Waals surface area contributed by atoms with E-state index in [0.717, 1.165) is 24.0 Å². The van der Waals surface area contributed by atoms with Gasteiger partial charge in [0.25, 0.3) is 0 Å². The van der Waals surface area contributed by atoms with E-state index < -0.39 is 0 Å². The number of rotatable bonds is 2. The van der Waals surface area contributed by atoms with E-state index in [-0.39, 0.29) is 5.78 Å². The summed E-state index contributed by atoms with van der Waals surface area (Å²) >= 11 is 0. The normalized spacial score (nSPS) is 9.31. The Labute approximate surface area is 98.3 Å². The molecule has 0 radical (unpaired) electrons. The molecule has 0 spiro atoms. The second-order valence-corrected chi connectivity index (χ2v) is 4.20. The molecule has 16 heavy (non-hydrogen) atoms. The molecule has 0 unspecified atom stereocenters. The van der Waals surface area contributed by atoms with E-state index in [1.54, 1.807) is 6.92 Å². The molecule has 0 aromatic heterocycles. The molecule has 90 valence electrons. The van der Waals surface area contributed by atoms with Crippen LogP contribution in [0.2, 0.25) is 0 Å². The molecule has 2 nitrogen and oxygen atoms in total. The van der Waals surface area contributed by atoms with Crippen molar-refractivity contribution in [2.24, 2.45) is 0 Å². The van der Waals surface area contributed by atoms with Gasteiger partial charge in [-0.3, -0.25) is 0 Å². The third-order valence-electron chi connectivity index (χ3n) is 2.24. The van der Waals surface area contributed by atoms with Crippen LogP contribution < -0.4 is 0 Å². The van der Waals surface area contributed by atoms with Gasteiger partial charge in [0.2, 0.25) is 0 Å². The van der Waals surface area contributed by atoms with Gasteiger partial charge >= 0.3 is 0 Å². The molecule has 0 atom stereocenters. The molecule has 1 aromatic carbocycles. The average Bonchev–Trinajstić information content (AvgIpc) is 2.14. The Bertz CT molecular complexity index is 331. The molecule has 1 N–H and O–H groups in total. The van der Waals surface area contributed by atoms with Gasteiger partial charge in [-0.15, -0.1) is 0 Å². The first kappa shape index (κ1) is 14.7. The van der Waals surface area contributed by atoms with Gasteiger partial charge in [-0.25, -0.2) is 0 Å². The third-order valence-corrected chi connectivity index (χ3v) is 2.24. The van der Waals surface area contributed by atoms with Gasteiger partial charge < -0.3 is 9.90 Å². The molecule has 1 aromatic rings. The second kappa shape index (κ2) is 7.04. The number of hydrogen-bond donors (Lipinski definition) is 1. The van der Waals surface area contributed by atoms with Gasteiger partial charge in [-0.1, -0.05) is 24.6 Å². The molecule has 0 amide bonds. The van der Waals surface area contributed by atoms with Gasteiger partial charge in [0.05, 0.1) is 0 Å². The lowest BCUT2D eigenvalue weighted by molar-refractivity contribution is -0.117. The first-order valence-corrected chi connectivity index (χ1v) is 5.64. The molecular weight excluding hydrogens is 200 g/mol. The molecule has 0 heterocycles. The predicted molar refractivity (Wildman–Crippen MR) is 67.9 cm³/mol. The van der Waals surface area contributed by atoms with Crippen molar-refractivity contribution in [3.8, 4) is 5.75 Å². The summed E-state index contributed by atoms with van der Waals surface area (Å²) in [5.74, 6) is 0.711. The number of carbonyl (C=O) groups is 1. The van der Waals surface area contributed by atoms with Crippen LogP contribution in [0, 0.1) is 20.8 Å². The molecule has 0 saturated heterocycles. The Balaban J connectivity index is 0.000000325. The lowest BCUT2D eigenvalue weighted by Crippen LogP contribution is -1.84. The standard InChI is InChI=1S/C9H12O.C5H10O/c1-6-4-7(2)9(10)8(3)5-6;1-3-4-5(2)6/h4-5,10H,1-3H3;3-4H2,1-2H3. The predicted octanol–water partition coefficient (Wildman–Crippen LogP) is 3.69. The SMILES string of the molecule is CCCC(C)=O.Cc1cc(C)c(O)c(C)c1. The first-order valence-electron chi connectivity index (χ1n) is 5.64. The summed E-state index contributed by atoms with van der Waals surface area (Å²) in [5, 5.41) is 9.33. The zero-order valence-electron chi connectivity index (χ0n) is 10.9. The Hall–Kier alpha value is -1.31. The van der Waals surface area contributed by atoms with Gasteiger partial charge in [0.15, 0.2) is 0 Å². The third kappa shape index (κ3) is 5.54. The van der Waals surface area contributed by atoms with Crippen LogP contribution in [0.3, 0.4) is 0 Å². The van der Waals surface area contributed by atoms with Gasteiger partial charge in [0, 0.05) is 6.42 Å². The van der Waals surface area contributed by atoms with Crippen LogP contribution in [-0.2, 0) is 4.79 Å². The van der Waals surface area contributed by atoms with Gasteiger partial charge in [0.1, 0.15) is 11.5 Å². The van der Waals surface area contributed by atoms with Crippen molar-refractivity contribution in [3.63, 3.8) is 0 Å². The zero-order chi connectivity index (χ0) is 12.7. The summed E-state index contributed by atoms with van der Waals surface area (Å²) in [5.41, 5.74) is 3.11. The van der Waals surface area contributed by atoms with Gasteiger partial charge in [-0.2, -0.15) is 0 Å². The molecular formula is C14H22O2. The van der Waals surface area contributed by atoms with Crippen molar-refractivity contribution in [2.45, 2.75) is 47.5 Å². The van der Waals surface area contributed by atoms with Crippen LogP contribution in [0.1, 0.15) is 43.4 Å². The quantitative estimate of drug-likeness (QED) is 0.828. The summed E-state index contributed by atoms with van der Waals surface area (Å²) in [7, 11) is 0. The van der Waals surface area contributed by atoms with Crippen LogP contribution in [0.5, 0.6) is 5.75 Å². The van der Waals surface area contributed by atoms with Gasteiger partial charge in [-0.05, 0) is 45.2 Å². The number of ketones is 1. The maximum Gasteiger partial charge on any atom is 0.129 e. The van der Waals surface area contributed by atoms with Crippen LogP contribution in [0.15, 0.2) is 12.1 Å². The second-order valence-electron chi connectivity index (χ2n) is 4.20. The minimum absolute atomic E-state index is 0.289. The average molecular weight is 222 g/mol. The Kier molecular flexibility index (Phi) is 6.47. The lowest BCUT2D eigenvalue weighted by atomic mass is 10.1. The van der Waals surface area contributed by atoms with Crippen LogP contribution >= 0.6 is 0 Å². The Morgan fingerprint density at radius 2 is 1.62 bits per heavy atom. The van der Waals surface area contributed by atoms with Crippen molar-refractivity contribution in [1.29, 1.82) is 0 Å². The summed E-state index contributed by atoms with van der Waals surface area (Å²) in [6.45, 7) is 9.47. The van der Waals surface area contributed by atoms with Crippen molar-refractivity contribution in [1.82, 2.24) is 0 Å². The van der Waals surface area contributed by atoms with Crippen molar-refractivity contribution in [3.05, 3.63) is 28.8 Å². The molecule has 0 aliphatic carbocycles. The molecule has 0 aliphatic rings. The van der Waals surface area contributed by atoms with E-state index >= 15 is 0 Å². The number of phenolic OH excluding ortho intramolecular Hbond substituents is 1. The topological polar surface area (TPSA) is 37.3 Å². The highest BCUT2D eigenvalue weighted by Gasteiger charge is 1.98. The summed E-state index contributed by atoms with van der Waals surface area (Å²) in [4.78, 5) is 10.0. The number of hydrogen-bond acceptors (Lipinski definition) is 2. The summed E-state index contributed by atoms with van der Waals surface area (Å²) < 4.78 is 0. The Morgan fingerprint density at radius 3 is 1.88 bits per heavy atom. The van der Waals surface area contributed by atoms with Crippen molar-refractivity contribution < 1.29 is 9.90 Å². The zero-order valence-corrected chi connectivity index (χ0v) is 10.9. The number of aryl methyl sites for hydroxylation is 3. The lowest BCUT2D eigenvalue weighted by Gasteiger charge is -2.03. The highest BCUT2D eigenvalue weighted by molar-refractivity contribution is 5.75. The molecule has 1 rings (SSSR count). The molecule has 0 aliphatic heterocycles. The fraction of sp³-hybridized carbons (Fsp3) is 0.500. The minimum Gasteiger partial charge on any atom is -0.507 e. The van der Waals surface area contributed by atoms with E-state index in [1.807, 2.05) is 39.8 Å². The van der Waals surface area contributed by atoms with E-state index in [9.17, 15) is 9.90 Å². The first-order chi connectivity index (χ1) is 7.38. The molecule has 0 fully saturated rings. The number of benzene rings is 1. The highest BCUT2D eigenvalue weighted by atomic mass is 16.3. The number of aromatic hydroxyl groups is 1. The molecule has 2 heteroatoms.